The van der Waals surface area contributed by atoms with Gasteiger partial charge in [-0.15, -0.1) is 0 Å². The molecule has 0 unspecified atom stereocenters. The van der Waals surface area contributed by atoms with Crippen LogP contribution in [0.5, 0.6) is 0 Å². The van der Waals surface area contributed by atoms with E-state index >= 15 is 0 Å². The van der Waals surface area contributed by atoms with E-state index in [0.717, 1.165) is 12.1 Å². The first-order valence-corrected chi connectivity index (χ1v) is 5.81. The third kappa shape index (κ3) is 2.87. The second-order valence-electron chi connectivity index (χ2n) is 3.91. The Morgan fingerprint density at radius 1 is 1.35 bits per heavy atom. The van der Waals surface area contributed by atoms with Crippen LogP contribution in [-0.4, -0.2) is 11.6 Å². The molecule has 2 nitrogen and oxygen atoms in total. The fraction of sp³-hybridized carbons (Fsp3) is 0.231. The Balaban J connectivity index is 2.19. The van der Waals surface area contributed by atoms with E-state index in [1.54, 1.807) is 6.07 Å². The number of aromatic nitrogens is 1. The molecule has 0 aliphatic carbocycles. The van der Waals surface area contributed by atoms with Crippen LogP contribution in [0, 0.1) is 5.82 Å². The molecule has 17 heavy (non-hydrogen) atoms. The number of benzene rings is 1. The molecule has 0 aliphatic rings. The monoisotopic (exact) mass is 252 g/mol. The van der Waals surface area contributed by atoms with Crippen LogP contribution < -0.4 is 5.32 Å². The molecule has 0 fully saturated rings. The van der Waals surface area contributed by atoms with Gasteiger partial charge in [0.25, 0.3) is 0 Å². The average molecular weight is 253 g/mol. The van der Waals surface area contributed by atoms with Crippen LogP contribution in [0.3, 0.4) is 0 Å². The predicted molar refractivity (Wildman–Crippen MR) is 67.7 cm³/mol. The van der Waals surface area contributed by atoms with Gasteiger partial charge < -0.3 is 9.88 Å². The number of hydrogen-bond donors (Lipinski definition) is 1. The summed E-state index contributed by atoms with van der Waals surface area (Å²) in [7, 11) is 1.90. The van der Waals surface area contributed by atoms with Gasteiger partial charge in [0.05, 0.1) is 5.02 Å². The van der Waals surface area contributed by atoms with Crippen molar-refractivity contribution < 1.29 is 4.39 Å². The lowest BCUT2D eigenvalue weighted by Crippen LogP contribution is -2.11. The van der Waals surface area contributed by atoms with Crippen molar-refractivity contribution in [1.82, 2.24) is 9.88 Å². The smallest absolute Gasteiger partial charge is 0.142 e. The predicted octanol–water partition coefficient (Wildman–Crippen LogP) is 3.05. The van der Waals surface area contributed by atoms with Gasteiger partial charge in [-0.05, 0) is 36.9 Å². The minimum atomic E-state index is -0.369. The molecule has 0 spiro atoms. The van der Waals surface area contributed by atoms with Crippen molar-refractivity contribution in [2.75, 3.05) is 7.05 Å². The minimum absolute atomic E-state index is 0.164. The van der Waals surface area contributed by atoms with Crippen molar-refractivity contribution in [3.8, 4) is 0 Å². The van der Waals surface area contributed by atoms with Crippen molar-refractivity contribution in [1.29, 1.82) is 0 Å². The molecule has 0 atom stereocenters. The summed E-state index contributed by atoms with van der Waals surface area (Å²) in [5.74, 6) is -0.369. The second-order valence-corrected chi connectivity index (χ2v) is 4.31. The topological polar surface area (TPSA) is 17.0 Å². The van der Waals surface area contributed by atoms with E-state index in [2.05, 4.69) is 9.88 Å². The van der Waals surface area contributed by atoms with Crippen molar-refractivity contribution in [2.24, 2.45) is 0 Å². The molecule has 4 heteroatoms. The van der Waals surface area contributed by atoms with Gasteiger partial charge in [-0.3, -0.25) is 0 Å². The quantitative estimate of drug-likeness (QED) is 0.885. The van der Waals surface area contributed by atoms with E-state index < -0.39 is 0 Å². The summed E-state index contributed by atoms with van der Waals surface area (Å²) in [6.07, 6.45) is 1.99. The molecule has 1 heterocycles. The first-order valence-electron chi connectivity index (χ1n) is 5.43. The highest BCUT2D eigenvalue weighted by atomic mass is 35.5. The first-order chi connectivity index (χ1) is 8.20. The summed E-state index contributed by atoms with van der Waals surface area (Å²) in [4.78, 5) is 0. The summed E-state index contributed by atoms with van der Waals surface area (Å²) in [5.41, 5.74) is 2.07. The van der Waals surface area contributed by atoms with E-state index in [4.69, 9.17) is 11.6 Å². The van der Waals surface area contributed by atoms with Crippen LogP contribution in [0.4, 0.5) is 4.39 Å². The molecule has 2 rings (SSSR count). The van der Waals surface area contributed by atoms with Gasteiger partial charge in [-0.25, -0.2) is 4.39 Å². The molecule has 0 saturated carbocycles. The van der Waals surface area contributed by atoms with Gasteiger partial charge in [0.2, 0.25) is 0 Å². The number of rotatable bonds is 4. The van der Waals surface area contributed by atoms with Crippen LogP contribution in [0.15, 0.2) is 36.5 Å². The van der Waals surface area contributed by atoms with E-state index in [1.165, 1.54) is 11.8 Å². The lowest BCUT2D eigenvalue weighted by molar-refractivity contribution is 0.622. The fourth-order valence-electron chi connectivity index (χ4n) is 1.78. The van der Waals surface area contributed by atoms with E-state index in [0.29, 0.717) is 6.54 Å². The maximum atomic E-state index is 13.3. The highest BCUT2D eigenvalue weighted by Gasteiger charge is 2.04. The van der Waals surface area contributed by atoms with Gasteiger partial charge in [-0.2, -0.15) is 0 Å². The molecule has 1 aromatic carbocycles. The highest BCUT2D eigenvalue weighted by Crippen LogP contribution is 2.17. The Bertz CT molecular complexity index is 508. The molecule has 0 bridgehead atoms. The minimum Gasteiger partial charge on any atom is -0.346 e. The van der Waals surface area contributed by atoms with Gasteiger partial charge in [0, 0.05) is 25.0 Å². The molecule has 0 radical (unpaired) electrons. The third-order valence-electron chi connectivity index (χ3n) is 2.62. The summed E-state index contributed by atoms with van der Waals surface area (Å²) < 4.78 is 15.4. The van der Waals surface area contributed by atoms with Crippen LogP contribution in [0.25, 0.3) is 0 Å². The lowest BCUT2D eigenvalue weighted by Gasteiger charge is -2.09. The molecule has 2 aromatic rings. The van der Waals surface area contributed by atoms with Crippen LogP contribution in [-0.2, 0) is 13.1 Å². The van der Waals surface area contributed by atoms with Crippen molar-refractivity contribution in [2.45, 2.75) is 13.1 Å². The Hall–Kier alpha value is -1.32. The zero-order valence-electron chi connectivity index (χ0n) is 9.58. The number of nitrogens with zero attached hydrogens (tertiary/aromatic N) is 1. The normalized spacial score (nSPS) is 10.8. The molecular formula is C13H14ClFN2. The Morgan fingerprint density at radius 2 is 2.18 bits per heavy atom. The fourth-order valence-corrected chi connectivity index (χ4v) is 1.90. The van der Waals surface area contributed by atoms with Crippen molar-refractivity contribution in [3.05, 3.63) is 58.6 Å². The van der Waals surface area contributed by atoms with E-state index in [-0.39, 0.29) is 10.8 Å². The maximum Gasteiger partial charge on any atom is 0.142 e. The zero-order chi connectivity index (χ0) is 12.3. The number of halogens is 2. The largest absolute Gasteiger partial charge is 0.346 e. The molecule has 0 aliphatic heterocycles. The summed E-state index contributed by atoms with van der Waals surface area (Å²) in [6, 6.07) is 8.94. The summed E-state index contributed by atoms with van der Waals surface area (Å²) >= 11 is 5.65. The van der Waals surface area contributed by atoms with Gasteiger partial charge in [0.1, 0.15) is 5.82 Å². The van der Waals surface area contributed by atoms with Crippen LogP contribution in [0.1, 0.15) is 11.3 Å². The molecule has 1 aromatic heterocycles. The van der Waals surface area contributed by atoms with Gasteiger partial charge in [-0.1, -0.05) is 17.7 Å². The van der Waals surface area contributed by atoms with E-state index in [9.17, 15) is 4.39 Å². The van der Waals surface area contributed by atoms with E-state index in [1.807, 2.05) is 31.4 Å². The average Bonchev–Trinajstić information content (AvgIpc) is 2.72. The zero-order valence-corrected chi connectivity index (χ0v) is 10.3. The molecular weight excluding hydrogens is 239 g/mol. The lowest BCUT2D eigenvalue weighted by atomic mass is 10.2. The SMILES string of the molecule is CNCc1cccn1Cc1ccc(Cl)c(F)c1. The number of nitrogens with one attached hydrogen (secondary N) is 1. The molecule has 0 amide bonds. The molecule has 0 saturated heterocycles. The van der Waals surface area contributed by atoms with Crippen molar-refractivity contribution in [3.63, 3.8) is 0 Å². The third-order valence-corrected chi connectivity index (χ3v) is 2.92. The van der Waals surface area contributed by atoms with Gasteiger partial charge >= 0.3 is 0 Å². The second kappa shape index (κ2) is 5.34. The summed E-state index contributed by atoms with van der Waals surface area (Å²) in [5, 5.41) is 3.26. The number of hydrogen-bond acceptors (Lipinski definition) is 1. The Labute approximate surface area is 105 Å². The Kier molecular flexibility index (Phi) is 3.82. The highest BCUT2D eigenvalue weighted by molar-refractivity contribution is 6.30. The first kappa shape index (κ1) is 12.1. The van der Waals surface area contributed by atoms with Crippen molar-refractivity contribution >= 4 is 11.6 Å². The summed E-state index contributed by atoms with van der Waals surface area (Å²) in [6.45, 7) is 1.45. The molecule has 90 valence electrons. The Morgan fingerprint density at radius 3 is 2.88 bits per heavy atom. The molecule has 1 N–H and O–H groups in total. The van der Waals surface area contributed by atoms with Crippen LogP contribution >= 0.6 is 11.6 Å². The standard InChI is InChI=1S/C13H14ClFN2/c1-16-8-11-3-2-6-17(11)9-10-4-5-12(14)13(15)7-10/h2-7,16H,8-9H2,1H3. The maximum absolute atomic E-state index is 13.3. The van der Waals surface area contributed by atoms with Crippen LogP contribution in [0.2, 0.25) is 5.02 Å². The van der Waals surface area contributed by atoms with Gasteiger partial charge in [0.15, 0.2) is 0 Å².